The molecule has 0 aliphatic carbocycles. The zero-order valence-corrected chi connectivity index (χ0v) is 20.1. The van der Waals surface area contributed by atoms with Crippen LogP contribution in [0.15, 0.2) is 59.2 Å². The molecule has 2 heterocycles. The molecule has 0 spiro atoms. The van der Waals surface area contributed by atoms with Crippen molar-refractivity contribution in [3.8, 4) is 5.75 Å². The number of morpholine rings is 1. The molecule has 1 fully saturated rings. The summed E-state index contributed by atoms with van der Waals surface area (Å²) in [6.07, 6.45) is 1.71. The first-order valence-electron chi connectivity index (χ1n) is 10.6. The number of carbonyl (C=O) groups excluding carboxylic acids is 1. The second-order valence-electron chi connectivity index (χ2n) is 7.41. The molecule has 0 bridgehead atoms. The number of nitrogens with zero attached hydrogens (tertiary/aromatic N) is 2. The molecule has 9 heteroatoms. The Labute approximate surface area is 201 Å². The minimum Gasteiger partial charge on any atom is -0.494 e. The molecule has 1 saturated heterocycles. The van der Waals surface area contributed by atoms with Gasteiger partial charge in [-0.05, 0) is 40.2 Å². The lowest BCUT2D eigenvalue weighted by Gasteiger charge is -2.29. The maximum atomic E-state index is 12.2. The van der Waals surface area contributed by atoms with Crippen LogP contribution in [-0.4, -0.2) is 51.4 Å². The molecule has 4 rings (SSSR count). The van der Waals surface area contributed by atoms with Crippen molar-refractivity contribution in [1.82, 2.24) is 10.3 Å². The summed E-state index contributed by atoms with van der Waals surface area (Å²) in [5.41, 5.74) is 3.92. The fourth-order valence-electron chi connectivity index (χ4n) is 3.61. The smallest absolute Gasteiger partial charge is 0.253 e. The number of methoxy groups -OCH3 is 1. The van der Waals surface area contributed by atoms with Crippen molar-refractivity contribution in [3.05, 3.63) is 64.8 Å². The number of amides is 1. The van der Waals surface area contributed by atoms with Gasteiger partial charge in [-0.25, -0.2) is 4.98 Å². The number of rotatable bonds is 7. The number of aromatic nitrogens is 1. The largest absolute Gasteiger partial charge is 0.494 e. The summed E-state index contributed by atoms with van der Waals surface area (Å²) >= 11 is 3.54. The van der Waals surface area contributed by atoms with Crippen LogP contribution in [0.4, 0.5) is 28.6 Å². The fourth-order valence-corrected chi connectivity index (χ4v) is 3.93. The van der Waals surface area contributed by atoms with Gasteiger partial charge in [-0.15, -0.1) is 0 Å². The molecule has 0 atom stereocenters. The van der Waals surface area contributed by atoms with E-state index in [0.29, 0.717) is 17.1 Å². The van der Waals surface area contributed by atoms with E-state index in [9.17, 15) is 4.79 Å². The molecule has 8 nitrogen and oxygen atoms in total. The predicted molar refractivity (Wildman–Crippen MR) is 134 cm³/mol. The molecule has 0 unspecified atom stereocenters. The zero-order chi connectivity index (χ0) is 23.2. The number of pyridine rings is 1. The molecule has 1 amide bonds. The fraction of sp³-hybridized carbons (Fsp3) is 0.250. The number of anilines is 5. The van der Waals surface area contributed by atoms with E-state index in [0.717, 1.165) is 53.6 Å². The van der Waals surface area contributed by atoms with Crippen LogP contribution >= 0.6 is 15.9 Å². The van der Waals surface area contributed by atoms with Gasteiger partial charge in [-0.3, -0.25) is 4.79 Å². The number of para-hydroxylation sites is 1. The molecule has 2 aromatic carbocycles. The van der Waals surface area contributed by atoms with E-state index in [1.54, 1.807) is 26.4 Å². The van der Waals surface area contributed by atoms with Gasteiger partial charge in [0.2, 0.25) is 0 Å². The summed E-state index contributed by atoms with van der Waals surface area (Å²) < 4.78 is 11.9. The lowest BCUT2D eigenvalue weighted by Crippen LogP contribution is -2.36. The Morgan fingerprint density at radius 1 is 1.06 bits per heavy atom. The van der Waals surface area contributed by atoms with Crippen molar-refractivity contribution in [2.45, 2.75) is 0 Å². The van der Waals surface area contributed by atoms with Crippen LogP contribution in [-0.2, 0) is 4.74 Å². The van der Waals surface area contributed by atoms with Gasteiger partial charge in [0.05, 0.1) is 47.4 Å². The first-order chi connectivity index (χ1) is 16.1. The first kappa shape index (κ1) is 22.9. The van der Waals surface area contributed by atoms with Crippen molar-refractivity contribution in [3.63, 3.8) is 0 Å². The Hall–Kier alpha value is -3.30. The topological polar surface area (TPSA) is 87.8 Å². The van der Waals surface area contributed by atoms with E-state index in [1.165, 1.54) is 0 Å². The van der Waals surface area contributed by atoms with Gasteiger partial charge in [-0.2, -0.15) is 0 Å². The number of carbonyl (C=O) groups is 1. The quantitative estimate of drug-likeness (QED) is 0.429. The Morgan fingerprint density at radius 2 is 1.85 bits per heavy atom. The second kappa shape index (κ2) is 10.5. The van der Waals surface area contributed by atoms with E-state index in [4.69, 9.17) is 9.47 Å². The summed E-state index contributed by atoms with van der Waals surface area (Å²) in [5.74, 6) is 1.20. The summed E-state index contributed by atoms with van der Waals surface area (Å²) in [7, 11) is 3.27. The predicted octanol–water partition coefficient (Wildman–Crippen LogP) is 4.54. The zero-order valence-electron chi connectivity index (χ0n) is 18.5. The highest BCUT2D eigenvalue weighted by Gasteiger charge is 2.15. The van der Waals surface area contributed by atoms with Gasteiger partial charge >= 0.3 is 0 Å². The third-order valence-electron chi connectivity index (χ3n) is 5.35. The number of halogens is 1. The molecule has 33 heavy (non-hydrogen) atoms. The second-order valence-corrected chi connectivity index (χ2v) is 8.26. The maximum Gasteiger partial charge on any atom is 0.253 e. The van der Waals surface area contributed by atoms with Crippen molar-refractivity contribution >= 4 is 50.4 Å². The van der Waals surface area contributed by atoms with Crippen LogP contribution in [0.2, 0.25) is 0 Å². The molecule has 172 valence electrons. The van der Waals surface area contributed by atoms with E-state index in [1.807, 2.05) is 36.4 Å². The number of hydrogen-bond acceptors (Lipinski definition) is 7. The third-order valence-corrected chi connectivity index (χ3v) is 5.98. The first-order valence-corrected chi connectivity index (χ1v) is 11.4. The number of ether oxygens (including phenoxy) is 2. The summed E-state index contributed by atoms with van der Waals surface area (Å²) in [5, 5.41) is 9.33. The van der Waals surface area contributed by atoms with Crippen molar-refractivity contribution < 1.29 is 14.3 Å². The van der Waals surface area contributed by atoms with Gasteiger partial charge in [0.25, 0.3) is 5.91 Å². The van der Waals surface area contributed by atoms with Crippen LogP contribution in [0.3, 0.4) is 0 Å². The average Bonchev–Trinajstić information content (AvgIpc) is 2.86. The van der Waals surface area contributed by atoms with Crippen LogP contribution in [0.5, 0.6) is 5.75 Å². The minimum absolute atomic E-state index is 0.160. The van der Waals surface area contributed by atoms with Gasteiger partial charge in [0.1, 0.15) is 11.6 Å². The van der Waals surface area contributed by atoms with Gasteiger partial charge in [-0.1, -0.05) is 12.1 Å². The van der Waals surface area contributed by atoms with E-state index in [2.05, 4.69) is 47.8 Å². The lowest BCUT2D eigenvalue weighted by molar-refractivity contribution is 0.0964. The van der Waals surface area contributed by atoms with Gasteiger partial charge in [0, 0.05) is 44.2 Å². The maximum absolute atomic E-state index is 12.2. The van der Waals surface area contributed by atoms with Crippen LogP contribution in [0.25, 0.3) is 0 Å². The van der Waals surface area contributed by atoms with Crippen molar-refractivity contribution in [2.75, 3.05) is 56.0 Å². The molecular weight excluding hydrogens is 486 g/mol. The lowest BCUT2D eigenvalue weighted by atomic mass is 10.1. The highest BCUT2D eigenvalue weighted by Crippen LogP contribution is 2.34. The number of nitrogens with one attached hydrogen (secondary N) is 3. The Balaban J connectivity index is 1.57. The van der Waals surface area contributed by atoms with Gasteiger partial charge in [0.15, 0.2) is 0 Å². The molecule has 3 N–H and O–H groups in total. The van der Waals surface area contributed by atoms with Crippen LogP contribution in [0.1, 0.15) is 10.4 Å². The summed E-state index contributed by atoms with van der Waals surface area (Å²) in [6.45, 7) is 3.17. The summed E-state index contributed by atoms with van der Waals surface area (Å²) in [6, 6.07) is 15.3. The molecule has 1 aliphatic heterocycles. The van der Waals surface area contributed by atoms with Crippen LogP contribution < -0.4 is 25.6 Å². The minimum atomic E-state index is -0.160. The van der Waals surface area contributed by atoms with Crippen LogP contribution in [0, 0.1) is 0 Å². The number of hydrogen-bond donors (Lipinski definition) is 3. The average molecular weight is 512 g/mol. The highest BCUT2D eigenvalue weighted by atomic mass is 79.9. The number of benzene rings is 2. The molecule has 0 radical (unpaired) electrons. The normalized spacial score (nSPS) is 13.4. The summed E-state index contributed by atoms with van der Waals surface area (Å²) in [4.78, 5) is 19.0. The van der Waals surface area contributed by atoms with Crippen molar-refractivity contribution in [1.29, 1.82) is 0 Å². The molecule has 1 aromatic heterocycles. The third kappa shape index (κ3) is 5.37. The van der Waals surface area contributed by atoms with E-state index >= 15 is 0 Å². The Morgan fingerprint density at radius 3 is 2.61 bits per heavy atom. The van der Waals surface area contributed by atoms with Gasteiger partial charge < -0.3 is 30.3 Å². The molecular formula is C24H26BrN5O3. The van der Waals surface area contributed by atoms with E-state index in [-0.39, 0.29) is 5.91 Å². The van der Waals surface area contributed by atoms with E-state index < -0.39 is 0 Å². The monoisotopic (exact) mass is 511 g/mol. The standard InChI is InChI=1S/C24H26BrN5O3/c1-26-24(31)17-5-3-4-6-19(17)28-21-14-23(27-15-18(21)25)29-20-8-7-16(13-22(20)32-2)30-9-11-33-12-10-30/h3-8,13-15H,9-12H2,1-2H3,(H,26,31)(H2,27,28,29). The Kier molecular flexibility index (Phi) is 7.31. The van der Waals surface area contributed by atoms with Crippen molar-refractivity contribution in [2.24, 2.45) is 0 Å². The molecule has 3 aromatic rings. The highest BCUT2D eigenvalue weighted by molar-refractivity contribution is 9.10. The SMILES string of the molecule is CNC(=O)c1ccccc1Nc1cc(Nc2ccc(N3CCOCC3)cc2OC)ncc1Br. The Bertz CT molecular complexity index is 1130. The molecule has 1 aliphatic rings. The molecule has 0 saturated carbocycles.